The van der Waals surface area contributed by atoms with Crippen LogP contribution in [0.4, 0.5) is 11.4 Å². The zero-order chi connectivity index (χ0) is 26.5. The fourth-order valence-corrected chi connectivity index (χ4v) is 4.37. The number of hydrogen-bond acceptors (Lipinski definition) is 6. The predicted octanol–water partition coefficient (Wildman–Crippen LogP) is 5.48. The summed E-state index contributed by atoms with van der Waals surface area (Å²) in [4.78, 5) is 17.5. The molecule has 6 heteroatoms. The molecule has 0 radical (unpaired) electrons. The predicted molar refractivity (Wildman–Crippen MR) is 153 cm³/mol. The summed E-state index contributed by atoms with van der Waals surface area (Å²) in [7, 11) is 3.72. The third-order valence-electron chi connectivity index (χ3n) is 6.66. The van der Waals surface area contributed by atoms with E-state index < -0.39 is 0 Å². The van der Waals surface area contributed by atoms with Gasteiger partial charge in [-0.2, -0.15) is 0 Å². The van der Waals surface area contributed by atoms with Gasteiger partial charge < -0.3 is 24.0 Å². The Hall–Kier alpha value is -2.93. The minimum atomic E-state index is 0.164. The number of carbonyl (C=O) groups excluding carboxylic acids is 1. The smallest absolute Gasteiger partial charge is 0.185 e. The van der Waals surface area contributed by atoms with E-state index in [0.717, 1.165) is 60.4 Å². The Morgan fingerprint density at radius 1 is 0.730 bits per heavy atom. The van der Waals surface area contributed by atoms with Crippen molar-refractivity contribution in [1.29, 1.82) is 0 Å². The highest BCUT2D eigenvalue weighted by Gasteiger charge is 2.23. The molecule has 0 amide bonds. The van der Waals surface area contributed by atoms with Crippen LogP contribution in [-0.4, -0.2) is 72.6 Å². The van der Waals surface area contributed by atoms with Crippen molar-refractivity contribution in [2.24, 2.45) is 0 Å². The first-order valence-corrected chi connectivity index (χ1v) is 13.3. The topological polar surface area (TPSA) is 51.2 Å². The van der Waals surface area contributed by atoms with Crippen LogP contribution >= 0.6 is 0 Å². The number of nitrogens with zero attached hydrogens (tertiary/aromatic N) is 2. The first kappa shape index (κ1) is 28.6. The standard InChI is InChI=1S/C31H42N2O4/c1-5-33(6-2)30-15-9-26(10-16-30)24-28-12-11-27(31(28)34)23-25-7-13-29(14-8-25)32(3)17-18-36-21-22-37-20-19-35-4/h7-10,13-16,23-24H,5-6,11-12,17-22H2,1-4H3/b27-23-,28-24-. The zero-order valence-electron chi connectivity index (χ0n) is 22.9. The lowest BCUT2D eigenvalue weighted by atomic mass is 10.1. The van der Waals surface area contributed by atoms with E-state index >= 15 is 0 Å². The van der Waals surface area contributed by atoms with E-state index in [1.165, 1.54) is 5.69 Å². The molecule has 3 rings (SSSR count). The monoisotopic (exact) mass is 506 g/mol. The second-order valence-electron chi connectivity index (χ2n) is 9.16. The number of methoxy groups -OCH3 is 1. The van der Waals surface area contributed by atoms with Gasteiger partial charge in [0, 0.05) is 56.3 Å². The Bertz CT molecular complexity index is 1020. The first-order valence-electron chi connectivity index (χ1n) is 13.3. The van der Waals surface area contributed by atoms with Gasteiger partial charge in [-0.1, -0.05) is 24.3 Å². The van der Waals surface area contributed by atoms with Gasteiger partial charge in [0.05, 0.1) is 33.0 Å². The van der Waals surface area contributed by atoms with Crippen molar-refractivity contribution in [1.82, 2.24) is 0 Å². The second-order valence-corrected chi connectivity index (χ2v) is 9.16. The number of anilines is 2. The van der Waals surface area contributed by atoms with Gasteiger partial charge in [0.15, 0.2) is 5.78 Å². The Balaban J connectivity index is 1.50. The lowest BCUT2D eigenvalue weighted by Gasteiger charge is -2.20. The summed E-state index contributed by atoms with van der Waals surface area (Å²) in [5.41, 5.74) is 6.24. The molecule has 1 saturated carbocycles. The number of ether oxygens (including phenoxy) is 3. The van der Waals surface area contributed by atoms with Crippen molar-refractivity contribution in [2.45, 2.75) is 26.7 Å². The highest BCUT2D eigenvalue weighted by Crippen LogP contribution is 2.30. The number of likely N-dealkylation sites (N-methyl/N-ethyl adjacent to an activating group) is 1. The molecule has 0 aromatic heterocycles. The van der Waals surface area contributed by atoms with Crippen LogP contribution in [0.15, 0.2) is 59.7 Å². The minimum Gasteiger partial charge on any atom is -0.382 e. The van der Waals surface area contributed by atoms with E-state index in [-0.39, 0.29) is 5.78 Å². The average Bonchev–Trinajstić information content (AvgIpc) is 3.26. The number of ketones is 1. The third kappa shape index (κ3) is 8.85. The Morgan fingerprint density at radius 3 is 1.73 bits per heavy atom. The molecule has 1 fully saturated rings. The van der Waals surface area contributed by atoms with E-state index in [2.05, 4.69) is 79.2 Å². The molecule has 0 bridgehead atoms. The highest BCUT2D eigenvalue weighted by molar-refractivity contribution is 6.15. The fraction of sp³-hybridized carbons (Fsp3) is 0.452. The van der Waals surface area contributed by atoms with Gasteiger partial charge in [-0.25, -0.2) is 0 Å². The van der Waals surface area contributed by atoms with Gasteiger partial charge in [-0.05, 0) is 74.2 Å². The quantitative estimate of drug-likeness (QED) is 0.236. The zero-order valence-corrected chi connectivity index (χ0v) is 22.9. The van der Waals surface area contributed by atoms with Crippen molar-refractivity contribution in [2.75, 3.05) is 76.6 Å². The van der Waals surface area contributed by atoms with Crippen LogP contribution in [0.1, 0.15) is 37.8 Å². The molecule has 0 unspecified atom stereocenters. The SMILES string of the molecule is CCN(CC)c1ccc(/C=C2/CC/C(=C/c3ccc(N(C)CCOCCOCCOC)cc3)C2=O)cc1. The van der Waals surface area contributed by atoms with E-state index in [1.807, 2.05) is 12.2 Å². The van der Waals surface area contributed by atoms with Gasteiger partial charge in [0.1, 0.15) is 0 Å². The summed E-state index contributed by atoms with van der Waals surface area (Å²) in [5.74, 6) is 0.164. The summed E-state index contributed by atoms with van der Waals surface area (Å²) in [6.07, 6.45) is 5.65. The summed E-state index contributed by atoms with van der Waals surface area (Å²) >= 11 is 0. The molecule has 2 aromatic carbocycles. The van der Waals surface area contributed by atoms with Crippen LogP contribution < -0.4 is 9.80 Å². The average molecular weight is 507 g/mol. The summed E-state index contributed by atoms with van der Waals surface area (Å²) in [6.45, 7) is 10.1. The maximum Gasteiger partial charge on any atom is 0.185 e. The van der Waals surface area contributed by atoms with E-state index in [4.69, 9.17) is 14.2 Å². The van der Waals surface area contributed by atoms with Crippen molar-refractivity contribution in [3.63, 3.8) is 0 Å². The number of rotatable bonds is 15. The number of allylic oxidation sites excluding steroid dienone is 2. The normalized spacial score (nSPS) is 15.6. The van der Waals surface area contributed by atoms with E-state index in [0.29, 0.717) is 33.0 Å². The molecule has 0 atom stereocenters. The Kier molecular flexibility index (Phi) is 11.9. The maximum atomic E-state index is 13.0. The first-order chi connectivity index (χ1) is 18.0. The maximum absolute atomic E-state index is 13.0. The molecular formula is C31H42N2O4. The number of benzene rings is 2. The van der Waals surface area contributed by atoms with Crippen LogP contribution in [0.25, 0.3) is 12.2 Å². The fourth-order valence-electron chi connectivity index (χ4n) is 4.37. The molecule has 6 nitrogen and oxygen atoms in total. The van der Waals surface area contributed by atoms with Gasteiger partial charge >= 0.3 is 0 Å². The Morgan fingerprint density at radius 2 is 1.22 bits per heavy atom. The van der Waals surface area contributed by atoms with Crippen LogP contribution in [-0.2, 0) is 19.0 Å². The molecule has 0 heterocycles. The van der Waals surface area contributed by atoms with Crippen LogP contribution in [0.5, 0.6) is 0 Å². The number of hydrogen-bond donors (Lipinski definition) is 0. The van der Waals surface area contributed by atoms with E-state index in [1.54, 1.807) is 7.11 Å². The van der Waals surface area contributed by atoms with Crippen LogP contribution in [0.3, 0.4) is 0 Å². The van der Waals surface area contributed by atoms with Crippen molar-refractivity contribution in [3.8, 4) is 0 Å². The lowest BCUT2D eigenvalue weighted by Crippen LogP contribution is -2.23. The molecule has 2 aromatic rings. The Labute approximate surface area is 222 Å². The summed E-state index contributed by atoms with van der Waals surface area (Å²) < 4.78 is 16.0. The molecule has 0 saturated heterocycles. The van der Waals surface area contributed by atoms with Crippen molar-refractivity contribution < 1.29 is 19.0 Å². The lowest BCUT2D eigenvalue weighted by molar-refractivity contribution is -0.111. The summed E-state index contributed by atoms with van der Waals surface area (Å²) in [5, 5.41) is 0. The van der Waals surface area contributed by atoms with Crippen molar-refractivity contribution >= 4 is 29.3 Å². The molecule has 1 aliphatic rings. The largest absolute Gasteiger partial charge is 0.382 e. The third-order valence-corrected chi connectivity index (χ3v) is 6.66. The number of carbonyl (C=O) groups is 1. The van der Waals surface area contributed by atoms with Crippen molar-refractivity contribution in [3.05, 3.63) is 70.8 Å². The second kappa shape index (κ2) is 15.4. The molecule has 0 spiro atoms. The molecule has 0 aliphatic heterocycles. The highest BCUT2D eigenvalue weighted by atomic mass is 16.5. The molecule has 37 heavy (non-hydrogen) atoms. The molecule has 200 valence electrons. The number of Topliss-reactive ketones (excluding diaryl/α,β-unsaturated/α-hetero) is 1. The van der Waals surface area contributed by atoms with E-state index in [9.17, 15) is 4.79 Å². The molecular weight excluding hydrogens is 464 g/mol. The van der Waals surface area contributed by atoms with Crippen LogP contribution in [0.2, 0.25) is 0 Å². The molecule has 1 aliphatic carbocycles. The van der Waals surface area contributed by atoms with Gasteiger partial charge in [-0.3, -0.25) is 4.79 Å². The molecule has 0 N–H and O–H groups in total. The van der Waals surface area contributed by atoms with Gasteiger partial charge in [-0.15, -0.1) is 0 Å². The van der Waals surface area contributed by atoms with Crippen LogP contribution in [0, 0.1) is 0 Å². The minimum absolute atomic E-state index is 0.164. The summed E-state index contributed by atoms with van der Waals surface area (Å²) in [6, 6.07) is 16.8. The van der Waals surface area contributed by atoms with Gasteiger partial charge in [0.25, 0.3) is 0 Å². The van der Waals surface area contributed by atoms with Gasteiger partial charge in [0.2, 0.25) is 0 Å².